The molecule has 106 valence electrons. The number of nitrogens with two attached hydrogens (primary N) is 1. The van der Waals surface area contributed by atoms with E-state index in [4.69, 9.17) is 10.7 Å². The first-order valence-corrected chi connectivity index (χ1v) is 9.26. The molecule has 1 saturated carbocycles. The summed E-state index contributed by atoms with van der Waals surface area (Å²) >= 11 is 3.98. The van der Waals surface area contributed by atoms with Crippen molar-refractivity contribution in [3.05, 3.63) is 15.6 Å². The molecule has 1 atom stereocenters. The quantitative estimate of drug-likeness (QED) is 0.904. The van der Waals surface area contributed by atoms with Gasteiger partial charge in [-0.3, -0.25) is 0 Å². The molecule has 0 aliphatic heterocycles. The summed E-state index contributed by atoms with van der Waals surface area (Å²) in [6, 6.07) is 0.210. The number of thiazole rings is 1. The highest BCUT2D eigenvalue weighted by Crippen LogP contribution is 2.42. The summed E-state index contributed by atoms with van der Waals surface area (Å²) in [5, 5.41) is 2.18. The molecular weight excluding hydrogens is 272 g/mol. The van der Waals surface area contributed by atoms with Crippen molar-refractivity contribution in [1.82, 2.24) is 4.98 Å². The maximum Gasteiger partial charge on any atom is 0.103 e. The molecule has 0 spiro atoms. The fourth-order valence-electron chi connectivity index (χ4n) is 3.35. The van der Waals surface area contributed by atoms with Crippen LogP contribution in [0.25, 0.3) is 0 Å². The number of rotatable bonds is 3. The number of thioether (sulfide) groups is 1. The Bertz CT molecular complexity index is 447. The van der Waals surface area contributed by atoms with E-state index in [1.165, 1.54) is 41.3 Å². The first-order chi connectivity index (χ1) is 9.03. The van der Waals surface area contributed by atoms with Crippen LogP contribution in [0.2, 0.25) is 0 Å². The van der Waals surface area contributed by atoms with Crippen LogP contribution in [0.15, 0.2) is 0 Å². The average Bonchev–Trinajstić information content (AvgIpc) is 2.92. The Labute approximate surface area is 124 Å². The monoisotopic (exact) mass is 296 g/mol. The minimum Gasteiger partial charge on any atom is -0.323 e. The summed E-state index contributed by atoms with van der Waals surface area (Å²) in [6.07, 6.45) is 7.85. The van der Waals surface area contributed by atoms with E-state index in [9.17, 15) is 0 Å². The Balaban J connectivity index is 1.68. The fraction of sp³-hybridized carbons (Fsp3) is 0.800. The lowest BCUT2D eigenvalue weighted by molar-refractivity contribution is 0.282. The standard InChI is InChI=1S/C15H24N2S2/c1-15(2)7-11(16)14-12(8-15)17-13(19-14)9-18-10-5-3-4-6-10/h10-11H,3-9,16H2,1-2H3. The van der Waals surface area contributed by atoms with Crippen molar-refractivity contribution in [3.8, 4) is 0 Å². The van der Waals surface area contributed by atoms with Crippen molar-refractivity contribution in [2.75, 3.05) is 0 Å². The second-order valence-electron chi connectivity index (χ2n) is 6.79. The zero-order valence-corrected chi connectivity index (χ0v) is 13.6. The maximum atomic E-state index is 6.32. The predicted octanol–water partition coefficient (Wildman–Crippen LogP) is 4.29. The lowest BCUT2D eigenvalue weighted by Crippen LogP contribution is -2.28. The Hall–Kier alpha value is -0.0600. The molecule has 1 aromatic heterocycles. The van der Waals surface area contributed by atoms with Crippen molar-refractivity contribution in [2.24, 2.45) is 11.1 Å². The van der Waals surface area contributed by atoms with Crippen LogP contribution >= 0.6 is 23.1 Å². The third-order valence-electron chi connectivity index (χ3n) is 4.27. The molecule has 1 aromatic rings. The first kappa shape index (κ1) is 13.9. The van der Waals surface area contributed by atoms with Gasteiger partial charge in [-0.1, -0.05) is 26.7 Å². The van der Waals surface area contributed by atoms with Crippen LogP contribution in [-0.4, -0.2) is 10.2 Å². The smallest absolute Gasteiger partial charge is 0.103 e. The minimum absolute atomic E-state index is 0.210. The predicted molar refractivity (Wildman–Crippen MR) is 84.7 cm³/mol. The Kier molecular flexibility index (Phi) is 3.93. The van der Waals surface area contributed by atoms with E-state index in [-0.39, 0.29) is 6.04 Å². The second-order valence-corrected chi connectivity index (χ2v) is 9.19. The van der Waals surface area contributed by atoms with Crippen LogP contribution in [-0.2, 0) is 12.2 Å². The molecule has 0 saturated heterocycles. The van der Waals surface area contributed by atoms with Crippen LogP contribution in [0.4, 0.5) is 0 Å². The van der Waals surface area contributed by atoms with Gasteiger partial charge in [0.05, 0.1) is 5.69 Å². The molecule has 1 heterocycles. The third-order valence-corrected chi connectivity index (χ3v) is 7.07. The number of hydrogen-bond donors (Lipinski definition) is 1. The van der Waals surface area contributed by atoms with Gasteiger partial charge in [0.1, 0.15) is 5.01 Å². The Morgan fingerprint density at radius 2 is 2.11 bits per heavy atom. The van der Waals surface area contributed by atoms with E-state index in [2.05, 4.69) is 25.6 Å². The van der Waals surface area contributed by atoms with Crippen molar-refractivity contribution >= 4 is 23.1 Å². The third kappa shape index (κ3) is 3.17. The summed E-state index contributed by atoms with van der Waals surface area (Å²) in [5.74, 6) is 1.09. The number of hydrogen-bond acceptors (Lipinski definition) is 4. The van der Waals surface area contributed by atoms with E-state index < -0.39 is 0 Å². The van der Waals surface area contributed by atoms with E-state index in [1.54, 1.807) is 0 Å². The maximum absolute atomic E-state index is 6.32. The van der Waals surface area contributed by atoms with Crippen LogP contribution in [0, 0.1) is 5.41 Å². The molecule has 0 aromatic carbocycles. The van der Waals surface area contributed by atoms with Gasteiger partial charge in [-0.05, 0) is 31.1 Å². The SMILES string of the molecule is CC1(C)Cc2nc(CSC3CCCC3)sc2C(N)C1. The topological polar surface area (TPSA) is 38.9 Å². The van der Waals surface area contributed by atoms with Gasteiger partial charge in [-0.15, -0.1) is 11.3 Å². The molecule has 4 heteroatoms. The number of aromatic nitrogens is 1. The summed E-state index contributed by atoms with van der Waals surface area (Å²) in [6.45, 7) is 4.62. The van der Waals surface area contributed by atoms with Gasteiger partial charge >= 0.3 is 0 Å². The van der Waals surface area contributed by atoms with Crippen molar-refractivity contribution < 1.29 is 0 Å². The van der Waals surface area contributed by atoms with Gasteiger partial charge in [-0.25, -0.2) is 4.98 Å². The molecule has 1 unspecified atom stereocenters. The minimum atomic E-state index is 0.210. The number of nitrogens with zero attached hydrogens (tertiary/aromatic N) is 1. The first-order valence-electron chi connectivity index (χ1n) is 7.39. The lowest BCUT2D eigenvalue weighted by Gasteiger charge is -2.32. The molecule has 2 aliphatic rings. The van der Waals surface area contributed by atoms with Crippen LogP contribution in [0.3, 0.4) is 0 Å². The molecule has 0 radical (unpaired) electrons. The molecule has 2 aliphatic carbocycles. The average molecular weight is 297 g/mol. The normalized spacial score (nSPS) is 26.6. The molecule has 19 heavy (non-hydrogen) atoms. The van der Waals surface area contributed by atoms with Crippen LogP contribution in [0.1, 0.15) is 67.6 Å². The zero-order valence-electron chi connectivity index (χ0n) is 11.9. The van der Waals surface area contributed by atoms with Gasteiger partial charge in [0.15, 0.2) is 0 Å². The summed E-state index contributed by atoms with van der Waals surface area (Å²) in [4.78, 5) is 6.24. The van der Waals surface area contributed by atoms with E-state index in [0.29, 0.717) is 5.41 Å². The van der Waals surface area contributed by atoms with Crippen molar-refractivity contribution in [2.45, 2.75) is 69.4 Å². The highest BCUT2D eigenvalue weighted by atomic mass is 32.2. The molecule has 2 N–H and O–H groups in total. The van der Waals surface area contributed by atoms with E-state index in [1.807, 2.05) is 11.3 Å². The van der Waals surface area contributed by atoms with Gasteiger partial charge in [-0.2, -0.15) is 11.8 Å². The zero-order chi connectivity index (χ0) is 13.5. The molecule has 0 amide bonds. The van der Waals surface area contributed by atoms with Gasteiger partial charge in [0.25, 0.3) is 0 Å². The largest absolute Gasteiger partial charge is 0.323 e. The molecule has 3 rings (SSSR count). The molecule has 2 nitrogen and oxygen atoms in total. The van der Waals surface area contributed by atoms with Gasteiger partial charge in [0, 0.05) is 21.9 Å². The van der Waals surface area contributed by atoms with Crippen molar-refractivity contribution in [3.63, 3.8) is 0 Å². The molecular formula is C15H24N2S2. The Morgan fingerprint density at radius 3 is 2.84 bits per heavy atom. The lowest BCUT2D eigenvalue weighted by atomic mass is 9.77. The fourth-order valence-corrected chi connectivity index (χ4v) is 5.78. The van der Waals surface area contributed by atoms with Crippen LogP contribution < -0.4 is 5.73 Å². The summed E-state index contributed by atoms with van der Waals surface area (Å²) in [7, 11) is 0. The number of fused-ring (bicyclic) bond motifs is 1. The van der Waals surface area contributed by atoms with E-state index >= 15 is 0 Å². The van der Waals surface area contributed by atoms with Gasteiger partial charge < -0.3 is 5.73 Å². The van der Waals surface area contributed by atoms with Crippen molar-refractivity contribution in [1.29, 1.82) is 0 Å². The highest BCUT2D eigenvalue weighted by molar-refractivity contribution is 7.99. The van der Waals surface area contributed by atoms with Gasteiger partial charge in [0.2, 0.25) is 0 Å². The summed E-state index contributed by atoms with van der Waals surface area (Å²) in [5.41, 5.74) is 7.92. The van der Waals surface area contributed by atoms with E-state index in [0.717, 1.165) is 23.8 Å². The highest BCUT2D eigenvalue weighted by Gasteiger charge is 2.33. The second kappa shape index (κ2) is 5.38. The summed E-state index contributed by atoms with van der Waals surface area (Å²) < 4.78 is 0. The molecule has 1 fully saturated rings. The van der Waals surface area contributed by atoms with Crippen LogP contribution in [0.5, 0.6) is 0 Å². The molecule has 0 bridgehead atoms. The Morgan fingerprint density at radius 1 is 1.37 bits per heavy atom.